The number of nitrogens with zero attached hydrogens (tertiary/aromatic N) is 4. The highest BCUT2D eigenvalue weighted by atomic mass is 35.5. The summed E-state index contributed by atoms with van der Waals surface area (Å²) in [5.74, 6) is 1.36. The SMILES string of the molecule is CCc1cc(N2CCCOCC2c2cc(N(C)C(=O)C3CC3)ccc2Cl)nc(N)n1. The Bertz CT molecular complexity index is 934. The molecule has 2 heterocycles. The Hall–Kier alpha value is -2.38. The number of aryl methyl sites for hydroxylation is 1. The van der Waals surface area contributed by atoms with Crippen molar-refractivity contribution < 1.29 is 9.53 Å². The fourth-order valence-corrected chi connectivity index (χ4v) is 4.11. The molecule has 1 amide bonds. The Kier molecular flexibility index (Phi) is 6.11. The molecule has 2 fully saturated rings. The zero-order valence-electron chi connectivity index (χ0n) is 17.5. The second kappa shape index (κ2) is 8.78. The number of benzene rings is 1. The Balaban J connectivity index is 1.71. The molecule has 30 heavy (non-hydrogen) atoms. The molecular formula is C22H28ClN5O2. The largest absolute Gasteiger partial charge is 0.379 e. The second-order valence-electron chi connectivity index (χ2n) is 7.94. The molecule has 1 aliphatic heterocycles. The molecule has 4 rings (SSSR count). The predicted octanol–water partition coefficient (Wildman–Crippen LogP) is 3.62. The van der Waals surface area contributed by atoms with Gasteiger partial charge in [-0.3, -0.25) is 4.79 Å². The molecule has 0 bridgehead atoms. The van der Waals surface area contributed by atoms with E-state index in [1.807, 2.05) is 38.2 Å². The third-order valence-electron chi connectivity index (χ3n) is 5.76. The molecule has 1 aromatic carbocycles. The van der Waals surface area contributed by atoms with E-state index in [4.69, 9.17) is 22.1 Å². The number of amides is 1. The lowest BCUT2D eigenvalue weighted by Gasteiger charge is -2.32. The number of nitrogen functional groups attached to an aromatic ring is 1. The first-order valence-corrected chi connectivity index (χ1v) is 10.9. The van der Waals surface area contributed by atoms with E-state index in [-0.39, 0.29) is 23.8 Å². The highest BCUT2D eigenvalue weighted by Gasteiger charge is 2.33. The van der Waals surface area contributed by atoms with Crippen molar-refractivity contribution in [2.45, 2.75) is 38.6 Å². The van der Waals surface area contributed by atoms with Crippen LogP contribution in [0.4, 0.5) is 17.5 Å². The molecule has 2 aliphatic rings. The van der Waals surface area contributed by atoms with Gasteiger partial charge in [0.1, 0.15) is 5.82 Å². The summed E-state index contributed by atoms with van der Waals surface area (Å²) in [6.45, 7) is 3.96. The lowest BCUT2D eigenvalue weighted by atomic mass is 10.0. The van der Waals surface area contributed by atoms with Crippen molar-refractivity contribution in [3.05, 3.63) is 40.5 Å². The van der Waals surface area contributed by atoms with E-state index in [9.17, 15) is 4.79 Å². The standard InChI is InChI=1S/C22H28ClN5O2/c1-3-15-11-20(26-22(24)25-15)28-9-4-10-30-13-19(28)17-12-16(7-8-18(17)23)27(2)21(29)14-5-6-14/h7-8,11-12,14,19H,3-6,9-10,13H2,1-2H3,(H2,24,25,26). The molecule has 7 nitrogen and oxygen atoms in total. The monoisotopic (exact) mass is 429 g/mol. The quantitative estimate of drug-likeness (QED) is 0.781. The summed E-state index contributed by atoms with van der Waals surface area (Å²) < 4.78 is 5.90. The van der Waals surface area contributed by atoms with Gasteiger partial charge in [-0.05, 0) is 49.4 Å². The number of nitrogens with two attached hydrogens (primary N) is 1. The van der Waals surface area contributed by atoms with E-state index in [0.717, 1.165) is 55.0 Å². The molecule has 1 aromatic heterocycles. The summed E-state index contributed by atoms with van der Waals surface area (Å²) in [4.78, 5) is 25.3. The Morgan fingerprint density at radius 1 is 1.33 bits per heavy atom. The fourth-order valence-electron chi connectivity index (χ4n) is 3.87. The van der Waals surface area contributed by atoms with Gasteiger partial charge in [0.25, 0.3) is 0 Å². The molecule has 160 valence electrons. The number of carbonyl (C=O) groups is 1. The molecule has 1 unspecified atom stereocenters. The number of rotatable bonds is 5. The lowest BCUT2D eigenvalue weighted by molar-refractivity contribution is -0.119. The average molecular weight is 430 g/mol. The van der Waals surface area contributed by atoms with Crippen LogP contribution in [0.5, 0.6) is 0 Å². The van der Waals surface area contributed by atoms with E-state index in [2.05, 4.69) is 14.9 Å². The van der Waals surface area contributed by atoms with Gasteiger partial charge in [0.2, 0.25) is 11.9 Å². The highest BCUT2D eigenvalue weighted by Crippen LogP contribution is 2.37. The van der Waals surface area contributed by atoms with Crippen LogP contribution in [0.2, 0.25) is 5.02 Å². The number of halogens is 1. The van der Waals surface area contributed by atoms with E-state index in [1.54, 1.807) is 4.90 Å². The molecule has 1 aliphatic carbocycles. The van der Waals surface area contributed by atoms with Gasteiger partial charge in [-0.2, -0.15) is 4.98 Å². The van der Waals surface area contributed by atoms with E-state index in [1.165, 1.54) is 0 Å². The van der Waals surface area contributed by atoms with Crippen molar-refractivity contribution in [2.24, 2.45) is 5.92 Å². The average Bonchev–Trinajstić information content (AvgIpc) is 3.59. The van der Waals surface area contributed by atoms with Gasteiger partial charge in [-0.15, -0.1) is 0 Å². The van der Waals surface area contributed by atoms with E-state index < -0.39 is 0 Å². The maximum Gasteiger partial charge on any atom is 0.229 e. The van der Waals surface area contributed by atoms with Crippen molar-refractivity contribution in [3.8, 4) is 0 Å². The second-order valence-corrected chi connectivity index (χ2v) is 8.35. The van der Waals surface area contributed by atoms with Crippen LogP contribution in [0.1, 0.15) is 43.5 Å². The molecule has 8 heteroatoms. The Morgan fingerprint density at radius 3 is 2.87 bits per heavy atom. The van der Waals surface area contributed by atoms with Crippen LogP contribution in [0, 0.1) is 5.92 Å². The number of hydrogen-bond donors (Lipinski definition) is 1. The van der Waals surface area contributed by atoms with Crippen molar-refractivity contribution in [1.29, 1.82) is 0 Å². The first kappa shape index (κ1) is 20.9. The first-order chi connectivity index (χ1) is 14.5. The van der Waals surface area contributed by atoms with Crippen LogP contribution in [0.3, 0.4) is 0 Å². The maximum atomic E-state index is 12.6. The van der Waals surface area contributed by atoms with Gasteiger partial charge < -0.3 is 20.3 Å². The van der Waals surface area contributed by atoms with Crippen LogP contribution in [-0.2, 0) is 16.0 Å². The van der Waals surface area contributed by atoms with Gasteiger partial charge in [-0.25, -0.2) is 4.98 Å². The smallest absolute Gasteiger partial charge is 0.229 e. The molecule has 1 atom stereocenters. The zero-order chi connectivity index (χ0) is 21.3. The normalized spacial score (nSPS) is 19.4. The molecule has 1 saturated carbocycles. The number of hydrogen-bond acceptors (Lipinski definition) is 6. The van der Waals surface area contributed by atoms with Gasteiger partial charge in [-0.1, -0.05) is 18.5 Å². The minimum Gasteiger partial charge on any atom is -0.379 e. The third kappa shape index (κ3) is 4.37. The number of ether oxygens (including phenoxy) is 1. The number of carbonyl (C=O) groups excluding carboxylic acids is 1. The van der Waals surface area contributed by atoms with Crippen LogP contribution in [0.25, 0.3) is 0 Å². The molecule has 2 N–H and O–H groups in total. The third-order valence-corrected chi connectivity index (χ3v) is 6.11. The molecule has 2 aromatic rings. The highest BCUT2D eigenvalue weighted by molar-refractivity contribution is 6.31. The number of anilines is 3. The summed E-state index contributed by atoms with van der Waals surface area (Å²) in [5.41, 5.74) is 8.63. The summed E-state index contributed by atoms with van der Waals surface area (Å²) in [6.07, 6.45) is 3.60. The minimum absolute atomic E-state index is 0.136. The maximum absolute atomic E-state index is 12.6. The van der Waals surface area contributed by atoms with Crippen LogP contribution in [0.15, 0.2) is 24.3 Å². The lowest BCUT2D eigenvalue weighted by Crippen LogP contribution is -2.32. The number of aromatic nitrogens is 2. The zero-order valence-corrected chi connectivity index (χ0v) is 18.2. The summed E-state index contributed by atoms with van der Waals surface area (Å²) in [5, 5.41) is 0.643. The molecular weight excluding hydrogens is 402 g/mol. The van der Waals surface area contributed by atoms with Crippen LogP contribution < -0.4 is 15.5 Å². The van der Waals surface area contributed by atoms with Crippen molar-refractivity contribution in [1.82, 2.24) is 9.97 Å². The van der Waals surface area contributed by atoms with Crippen molar-refractivity contribution in [2.75, 3.05) is 42.3 Å². The molecule has 1 saturated heterocycles. The van der Waals surface area contributed by atoms with Gasteiger partial charge in [0, 0.05) is 48.6 Å². The van der Waals surface area contributed by atoms with Gasteiger partial charge >= 0.3 is 0 Å². The molecule has 0 spiro atoms. The van der Waals surface area contributed by atoms with Crippen LogP contribution in [-0.4, -0.2) is 42.7 Å². The van der Waals surface area contributed by atoms with Gasteiger partial charge in [0.15, 0.2) is 0 Å². The van der Waals surface area contributed by atoms with Gasteiger partial charge in [0.05, 0.1) is 12.6 Å². The summed E-state index contributed by atoms with van der Waals surface area (Å²) >= 11 is 6.64. The van der Waals surface area contributed by atoms with Crippen LogP contribution >= 0.6 is 11.6 Å². The Morgan fingerprint density at radius 2 is 2.13 bits per heavy atom. The van der Waals surface area contributed by atoms with Crippen molar-refractivity contribution >= 4 is 35.0 Å². The van der Waals surface area contributed by atoms with Crippen molar-refractivity contribution in [3.63, 3.8) is 0 Å². The Labute approximate surface area is 182 Å². The van der Waals surface area contributed by atoms with E-state index in [0.29, 0.717) is 18.2 Å². The fraction of sp³-hybridized carbons (Fsp3) is 0.500. The van der Waals surface area contributed by atoms with E-state index >= 15 is 0 Å². The first-order valence-electron chi connectivity index (χ1n) is 10.5. The summed E-state index contributed by atoms with van der Waals surface area (Å²) in [7, 11) is 1.83. The molecule has 0 radical (unpaired) electrons. The summed E-state index contributed by atoms with van der Waals surface area (Å²) in [6, 6.07) is 7.60. The predicted molar refractivity (Wildman–Crippen MR) is 119 cm³/mol. The topological polar surface area (TPSA) is 84.6 Å². The minimum atomic E-state index is -0.136.